The SMILES string of the molecule is O=C(C=Cc1ccco1)NCC(O)c1ccc(-c2ccsc2)o1. The third kappa shape index (κ3) is 4.00. The van der Waals surface area contributed by atoms with Crippen LogP contribution in [0.5, 0.6) is 0 Å². The number of rotatable bonds is 6. The van der Waals surface area contributed by atoms with Crippen LogP contribution < -0.4 is 5.32 Å². The molecule has 2 N–H and O–H groups in total. The number of furan rings is 2. The van der Waals surface area contributed by atoms with Gasteiger partial charge in [-0.05, 0) is 41.8 Å². The van der Waals surface area contributed by atoms with E-state index >= 15 is 0 Å². The van der Waals surface area contributed by atoms with Gasteiger partial charge in [0.25, 0.3) is 0 Å². The predicted molar refractivity (Wildman–Crippen MR) is 87.7 cm³/mol. The fourth-order valence-electron chi connectivity index (χ4n) is 1.99. The maximum Gasteiger partial charge on any atom is 0.244 e. The van der Waals surface area contributed by atoms with Crippen molar-refractivity contribution in [1.82, 2.24) is 5.32 Å². The van der Waals surface area contributed by atoms with Gasteiger partial charge in [0.15, 0.2) is 0 Å². The molecule has 1 atom stereocenters. The summed E-state index contributed by atoms with van der Waals surface area (Å²) in [6.07, 6.45) is 3.54. The molecule has 1 amide bonds. The molecule has 6 heteroatoms. The molecule has 0 saturated heterocycles. The van der Waals surface area contributed by atoms with Gasteiger partial charge >= 0.3 is 0 Å². The van der Waals surface area contributed by atoms with Crippen LogP contribution in [-0.4, -0.2) is 17.6 Å². The first-order valence-corrected chi connectivity index (χ1v) is 7.96. The molecule has 3 aromatic heterocycles. The second-order valence-electron chi connectivity index (χ2n) is 4.82. The van der Waals surface area contributed by atoms with E-state index in [9.17, 15) is 9.90 Å². The molecule has 3 rings (SSSR count). The van der Waals surface area contributed by atoms with E-state index in [1.807, 2.05) is 16.8 Å². The minimum atomic E-state index is -0.900. The van der Waals surface area contributed by atoms with Gasteiger partial charge in [0.1, 0.15) is 23.4 Å². The Morgan fingerprint density at radius 1 is 1.35 bits per heavy atom. The van der Waals surface area contributed by atoms with Crippen molar-refractivity contribution in [2.24, 2.45) is 0 Å². The number of carbonyl (C=O) groups excluding carboxylic acids is 1. The van der Waals surface area contributed by atoms with E-state index in [1.54, 1.807) is 41.7 Å². The predicted octanol–water partition coefficient (Wildman–Crippen LogP) is 3.46. The van der Waals surface area contributed by atoms with Crippen LogP contribution in [0.3, 0.4) is 0 Å². The second-order valence-corrected chi connectivity index (χ2v) is 5.60. The quantitative estimate of drug-likeness (QED) is 0.679. The average molecular weight is 329 g/mol. The molecule has 1 unspecified atom stereocenters. The van der Waals surface area contributed by atoms with Crippen LogP contribution in [0.1, 0.15) is 17.6 Å². The average Bonchev–Trinajstić information content (AvgIpc) is 3.31. The van der Waals surface area contributed by atoms with Crippen LogP contribution in [-0.2, 0) is 4.79 Å². The van der Waals surface area contributed by atoms with Crippen molar-refractivity contribution in [3.8, 4) is 11.3 Å². The normalized spacial score (nSPS) is 12.6. The number of aliphatic hydroxyl groups is 1. The Balaban J connectivity index is 1.53. The summed E-state index contributed by atoms with van der Waals surface area (Å²) in [5.41, 5.74) is 0.971. The molecule has 0 aliphatic rings. The molecule has 0 fully saturated rings. The number of hydrogen-bond acceptors (Lipinski definition) is 5. The molecule has 118 valence electrons. The highest BCUT2D eigenvalue weighted by molar-refractivity contribution is 7.08. The fraction of sp³-hybridized carbons (Fsp3) is 0.118. The van der Waals surface area contributed by atoms with E-state index in [-0.39, 0.29) is 12.5 Å². The Bertz CT molecular complexity index is 772. The molecule has 0 saturated carbocycles. The van der Waals surface area contributed by atoms with E-state index in [0.717, 1.165) is 5.56 Å². The van der Waals surface area contributed by atoms with Gasteiger partial charge in [-0.15, -0.1) is 0 Å². The maximum absolute atomic E-state index is 11.7. The fourth-order valence-corrected chi connectivity index (χ4v) is 2.64. The Hall–Kier alpha value is -2.57. The summed E-state index contributed by atoms with van der Waals surface area (Å²) in [6.45, 7) is 0.0674. The Kier molecular flexibility index (Phi) is 4.75. The summed E-state index contributed by atoms with van der Waals surface area (Å²) in [7, 11) is 0. The van der Waals surface area contributed by atoms with Gasteiger partial charge in [-0.1, -0.05) is 0 Å². The zero-order chi connectivity index (χ0) is 16.1. The third-order valence-corrected chi connectivity index (χ3v) is 3.86. The molecule has 23 heavy (non-hydrogen) atoms. The van der Waals surface area contributed by atoms with E-state index in [0.29, 0.717) is 17.3 Å². The van der Waals surface area contributed by atoms with Crippen LogP contribution in [0.25, 0.3) is 17.4 Å². The van der Waals surface area contributed by atoms with Gasteiger partial charge in [0, 0.05) is 17.0 Å². The molecule has 0 aliphatic carbocycles. The number of nitrogens with one attached hydrogen (secondary N) is 1. The highest BCUT2D eigenvalue weighted by atomic mass is 32.1. The zero-order valence-electron chi connectivity index (χ0n) is 12.1. The van der Waals surface area contributed by atoms with Crippen molar-refractivity contribution in [2.75, 3.05) is 6.54 Å². The molecule has 3 heterocycles. The number of hydrogen-bond donors (Lipinski definition) is 2. The largest absolute Gasteiger partial charge is 0.465 e. The van der Waals surface area contributed by atoms with Gasteiger partial charge in [0.2, 0.25) is 5.91 Å². The minimum Gasteiger partial charge on any atom is -0.465 e. The van der Waals surface area contributed by atoms with Crippen molar-refractivity contribution >= 4 is 23.3 Å². The van der Waals surface area contributed by atoms with Gasteiger partial charge in [-0.25, -0.2) is 0 Å². The Labute approximate surface area is 136 Å². The monoisotopic (exact) mass is 329 g/mol. The second kappa shape index (κ2) is 7.13. The zero-order valence-corrected chi connectivity index (χ0v) is 13.0. The smallest absolute Gasteiger partial charge is 0.244 e. The summed E-state index contributed by atoms with van der Waals surface area (Å²) in [6, 6.07) is 8.94. The van der Waals surface area contributed by atoms with Crippen molar-refractivity contribution < 1.29 is 18.7 Å². The molecule has 0 aromatic carbocycles. The van der Waals surface area contributed by atoms with Gasteiger partial charge in [-0.3, -0.25) is 4.79 Å². The third-order valence-electron chi connectivity index (χ3n) is 3.17. The van der Waals surface area contributed by atoms with Crippen LogP contribution in [0.15, 0.2) is 62.3 Å². The van der Waals surface area contributed by atoms with E-state index in [4.69, 9.17) is 8.83 Å². The van der Waals surface area contributed by atoms with E-state index in [2.05, 4.69) is 5.32 Å². The first kappa shape index (κ1) is 15.3. The van der Waals surface area contributed by atoms with E-state index < -0.39 is 6.10 Å². The van der Waals surface area contributed by atoms with Crippen molar-refractivity contribution in [2.45, 2.75) is 6.10 Å². The van der Waals surface area contributed by atoms with Crippen molar-refractivity contribution in [3.05, 3.63) is 65.0 Å². The Morgan fingerprint density at radius 3 is 3.00 bits per heavy atom. The summed E-state index contributed by atoms with van der Waals surface area (Å²) in [4.78, 5) is 11.7. The Morgan fingerprint density at radius 2 is 2.26 bits per heavy atom. The molecule has 0 aliphatic heterocycles. The minimum absolute atomic E-state index is 0.0674. The van der Waals surface area contributed by atoms with Gasteiger partial charge < -0.3 is 19.3 Å². The molecule has 0 bridgehead atoms. The van der Waals surface area contributed by atoms with Crippen molar-refractivity contribution in [1.29, 1.82) is 0 Å². The summed E-state index contributed by atoms with van der Waals surface area (Å²) in [5, 5.41) is 16.6. The lowest BCUT2D eigenvalue weighted by molar-refractivity contribution is -0.116. The van der Waals surface area contributed by atoms with Gasteiger partial charge in [-0.2, -0.15) is 11.3 Å². The molecule has 0 spiro atoms. The van der Waals surface area contributed by atoms with Crippen LogP contribution in [0.2, 0.25) is 0 Å². The molecular weight excluding hydrogens is 314 g/mol. The molecule has 3 aromatic rings. The van der Waals surface area contributed by atoms with Crippen LogP contribution in [0, 0.1) is 0 Å². The molecule has 5 nitrogen and oxygen atoms in total. The number of aliphatic hydroxyl groups excluding tert-OH is 1. The van der Waals surface area contributed by atoms with Gasteiger partial charge in [0.05, 0.1) is 12.8 Å². The number of amides is 1. The maximum atomic E-state index is 11.7. The van der Waals surface area contributed by atoms with Crippen LogP contribution in [0.4, 0.5) is 0 Å². The highest BCUT2D eigenvalue weighted by Gasteiger charge is 2.14. The van der Waals surface area contributed by atoms with Crippen molar-refractivity contribution in [3.63, 3.8) is 0 Å². The standard InChI is InChI=1S/C17H15NO4S/c19-14(10-18-17(20)6-3-13-2-1-8-21-13)16-5-4-15(22-16)12-7-9-23-11-12/h1-9,11,14,19H,10H2,(H,18,20). The number of thiophene rings is 1. The molecule has 0 radical (unpaired) electrons. The lowest BCUT2D eigenvalue weighted by Crippen LogP contribution is -2.26. The molecular formula is C17H15NO4S. The lowest BCUT2D eigenvalue weighted by Gasteiger charge is -2.08. The van der Waals surface area contributed by atoms with E-state index in [1.165, 1.54) is 12.3 Å². The first-order valence-electron chi connectivity index (χ1n) is 7.02. The summed E-state index contributed by atoms with van der Waals surface area (Å²) < 4.78 is 10.7. The lowest BCUT2D eigenvalue weighted by atomic mass is 10.2. The topological polar surface area (TPSA) is 75.6 Å². The summed E-state index contributed by atoms with van der Waals surface area (Å²) >= 11 is 1.58. The highest BCUT2D eigenvalue weighted by Crippen LogP contribution is 2.26. The summed E-state index contributed by atoms with van der Waals surface area (Å²) in [5.74, 6) is 1.39. The number of carbonyl (C=O) groups is 1. The first-order chi connectivity index (χ1) is 11.2. The van der Waals surface area contributed by atoms with Crippen LogP contribution >= 0.6 is 11.3 Å².